The van der Waals surface area contributed by atoms with Crippen LogP contribution in [-0.2, 0) is 0 Å². The molecule has 78 valence electrons. The molecule has 1 amide bonds. The predicted molar refractivity (Wildman–Crippen MR) is 61.6 cm³/mol. The topological polar surface area (TPSA) is 40.5 Å². The first-order chi connectivity index (χ1) is 7.06. The van der Waals surface area contributed by atoms with Gasteiger partial charge in [-0.15, -0.1) is 6.42 Å². The van der Waals surface area contributed by atoms with Crippen molar-refractivity contribution in [3.63, 3.8) is 0 Å². The fraction of sp³-hybridized carbons (Fsp3) is 0.182. The largest absolute Gasteiger partial charge is 0.507 e. The number of phenols is 1. The summed E-state index contributed by atoms with van der Waals surface area (Å²) in [6.45, 7) is 0.217. The van der Waals surface area contributed by atoms with E-state index in [-0.39, 0.29) is 23.8 Å². The molecule has 1 aromatic rings. The van der Waals surface area contributed by atoms with E-state index in [1.54, 1.807) is 19.2 Å². The molecule has 0 saturated heterocycles. The average Bonchev–Trinajstić information content (AvgIpc) is 2.17. The number of hydrogen-bond donors (Lipinski definition) is 1. The summed E-state index contributed by atoms with van der Waals surface area (Å²) in [5.41, 5.74) is 0.246. The van der Waals surface area contributed by atoms with Crippen LogP contribution in [0.15, 0.2) is 22.7 Å². The lowest BCUT2D eigenvalue weighted by Crippen LogP contribution is -2.26. The molecule has 0 aliphatic rings. The van der Waals surface area contributed by atoms with Gasteiger partial charge in [-0.25, -0.2) is 0 Å². The van der Waals surface area contributed by atoms with Crippen LogP contribution in [0.1, 0.15) is 10.4 Å². The Labute approximate surface area is 96.8 Å². The summed E-state index contributed by atoms with van der Waals surface area (Å²) in [6.07, 6.45) is 5.09. The van der Waals surface area contributed by atoms with E-state index in [1.807, 2.05) is 0 Å². The molecule has 1 rings (SSSR count). The van der Waals surface area contributed by atoms with E-state index in [4.69, 9.17) is 6.42 Å². The van der Waals surface area contributed by atoms with E-state index in [0.717, 1.165) is 4.47 Å². The van der Waals surface area contributed by atoms with E-state index in [1.165, 1.54) is 11.0 Å². The minimum Gasteiger partial charge on any atom is -0.507 e. The summed E-state index contributed by atoms with van der Waals surface area (Å²) in [4.78, 5) is 13.1. The zero-order chi connectivity index (χ0) is 11.4. The zero-order valence-electron chi connectivity index (χ0n) is 8.20. The van der Waals surface area contributed by atoms with Crippen molar-refractivity contribution >= 4 is 21.8 Å². The number of carbonyl (C=O) groups is 1. The minimum absolute atomic E-state index is 0.0572. The number of hydrogen-bond acceptors (Lipinski definition) is 2. The summed E-state index contributed by atoms with van der Waals surface area (Å²) in [7, 11) is 1.59. The number of amides is 1. The second kappa shape index (κ2) is 4.85. The van der Waals surface area contributed by atoms with Crippen molar-refractivity contribution in [3.8, 4) is 18.1 Å². The Hall–Kier alpha value is -1.47. The lowest BCUT2D eigenvalue weighted by Gasteiger charge is -2.14. The van der Waals surface area contributed by atoms with Gasteiger partial charge in [0.05, 0.1) is 12.1 Å². The van der Waals surface area contributed by atoms with Gasteiger partial charge in [-0.3, -0.25) is 4.79 Å². The standard InChI is InChI=1S/C11H10BrNO2/c1-3-6-13(2)11(15)9-5-4-8(12)7-10(9)14/h1,4-5,7,14H,6H2,2H3. The van der Waals surface area contributed by atoms with Crippen molar-refractivity contribution in [1.29, 1.82) is 0 Å². The lowest BCUT2D eigenvalue weighted by molar-refractivity contribution is 0.0809. The summed E-state index contributed by atoms with van der Waals surface area (Å²) < 4.78 is 0.719. The Morgan fingerprint density at radius 1 is 1.67 bits per heavy atom. The highest BCUT2D eigenvalue weighted by atomic mass is 79.9. The number of halogens is 1. The SMILES string of the molecule is C#CCN(C)C(=O)c1ccc(Br)cc1O. The Balaban J connectivity index is 2.97. The zero-order valence-corrected chi connectivity index (χ0v) is 9.78. The van der Waals surface area contributed by atoms with Crippen molar-refractivity contribution in [2.24, 2.45) is 0 Å². The van der Waals surface area contributed by atoms with Gasteiger partial charge < -0.3 is 10.0 Å². The molecule has 0 aliphatic heterocycles. The maximum atomic E-state index is 11.7. The number of carbonyl (C=O) groups excluding carboxylic acids is 1. The molecule has 0 aliphatic carbocycles. The molecule has 1 N–H and O–H groups in total. The number of nitrogens with zero attached hydrogens (tertiary/aromatic N) is 1. The molecule has 0 atom stereocenters. The Bertz CT molecular complexity index is 423. The predicted octanol–water partition coefficient (Wildman–Crippen LogP) is 1.86. The van der Waals surface area contributed by atoms with Crippen molar-refractivity contribution < 1.29 is 9.90 Å². The third-order valence-corrected chi connectivity index (χ3v) is 2.36. The van der Waals surface area contributed by atoms with Crippen LogP contribution in [0.25, 0.3) is 0 Å². The summed E-state index contributed by atoms with van der Waals surface area (Å²) in [5, 5.41) is 9.55. The fourth-order valence-corrected chi connectivity index (χ4v) is 1.45. The van der Waals surface area contributed by atoms with Crippen molar-refractivity contribution in [3.05, 3.63) is 28.2 Å². The van der Waals surface area contributed by atoms with Crippen molar-refractivity contribution in [2.45, 2.75) is 0 Å². The molecule has 1 aromatic carbocycles. The molecule has 0 spiro atoms. The molecule has 0 heterocycles. The maximum absolute atomic E-state index is 11.7. The van der Waals surface area contributed by atoms with E-state index in [0.29, 0.717) is 0 Å². The van der Waals surface area contributed by atoms with Crippen LogP contribution in [0.5, 0.6) is 5.75 Å². The first kappa shape index (κ1) is 11.6. The van der Waals surface area contributed by atoms with Crippen LogP contribution in [0.3, 0.4) is 0 Å². The Morgan fingerprint density at radius 3 is 2.87 bits per heavy atom. The van der Waals surface area contributed by atoms with Gasteiger partial charge in [-0.1, -0.05) is 21.9 Å². The second-order valence-electron chi connectivity index (χ2n) is 3.03. The second-order valence-corrected chi connectivity index (χ2v) is 3.94. The highest BCUT2D eigenvalue weighted by Gasteiger charge is 2.14. The normalized spacial score (nSPS) is 9.40. The molecule has 0 aromatic heterocycles. The van der Waals surface area contributed by atoms with Gasteiger partial charge in [-0.05, 0) is 18.2 Å². The van der Waals surface area contributed by atoms with Gasteiger partial charge in [-0.2, -0.15) is 0 Å². The van der Waals surface area contributed by atoms with Crippen LogP contribution in [-0.4, -0.2) is 29.5 Å². The quantitative estimate of drug-likeness (QED) is 0.832. The molecule has 0 unspecified atom stereocenters. The highest BCUT2D eigenvalue weighted by molar-refractivity contribution is 9.10. The Morgan fingerprint density at radius 2 is 2.33 bits per heavy atom. The van der Waals surface area contributed by atoms with Gasteiger partial charge in [0.2, 0.25) is 0 Å². The number of aromatic hydroxyl groups is 1. The fourth-order valence-electron chi connectivity index (χ4n) is 1.10. The van der Waals surface area contributed by atoms with Crippen LogP contribution in [0, 0.1) is 12.3 Å². The molecule has 0 bridgehead atoms. The van der Waals surface area contributed by atoms with Crippen molar-refractivity contribution in [2.75, 3.05) is 13.6 Å². The molecule has 15 heavy (non-hydrogen) atoms. The third kappa shape index (κ3) is 2.74. The first-order valence-electron chi connectivity index (χ1n) is 4.23. The van der Waals surface area contributed by atoms with E-state index < -0.39 is 0 Å². The average molecular weight is 268 g/mol. The molecule has 3 nitrogen and oxygen atoms in total. The van der Waals surface area contributed by atoms with Gasteiger partial charge in [0.1, 0.15) is 5.75 Å². The molecular formula is C11H10BrNO2. The van der Waals surface area contributed by atoms with E-state index in [9.17, 15) is 9.90 Å². The van der Waals surface area contributed by atoms with Crippen LogP contribution in [0.4, 0.5) is 0 Å². The monoisotopic (exact) mass is 267 g/mol. The number of phenolic OH excluding ortho intramolecular Hbond substituents is 1. The summed E-state index contributed by atoms with van der Waals surface area (Å²) in [6, 6.07) is 4.71. The van der Waals surface area contributed by atoms with Gasteiger partial charge >= 0.3 is 0 Å². The van der Waals surface area contributed by atoms with Gasteiger partial charge in [0, 0.05) is 11.5 Å². The summed E-state index contributed by atoms with van der Waals surface area (Å²) in [5.74, 6) is 2.01. The lowest BCUT2D eigenvalue weighted by atomic mass is 10.2. The van der Waals surface area contributed by atoms with Gasteiger partial charge in [0.15, 0.2) is 0 Å². The van der Waals surface area contributed by atoms with Crippen LogP contribution >= 0.6 is 15.9 Å². The molecule has 0 saturated carbocycles. The Kier molecular flexibility index (Phi) is 3.75. The van der Waals surface area contributed by atoms with E-state index in [2.05, 4.69) is 21.9 Å². The minimum atomic E-state index is -0.294. The summed E-state index contributed by atoms with van der Waals surface area (Å²) >= 11 is 3.20. The number of rotatable bonds is 2. The molecule has 0 fully saturated rings. The molecular weight excluding hydrogens is 258 g/mol. The molecule has 4 heteroatoms. The number of terminal acetylenes is 1. The first-order valence-corrected chi connectivity index (χ1v) is 5.03. The van der Waals surface area contributed by atoms with Gasteiger partial charge in [0.25, 0.3) is 5.91 Å². The smallest absolute Gasteiger partial charge is 0.258 e. The number of benzene rings is 1. The third-order valence-electron chi connectivity index (χ3n) is 1.87. The van der Waals surface area contributed by atoms with Crippen molar-refractivity contribution in [1.82, 2.24) is 4.90 Å². The van der Waals surface area contributed by atoms with Crippen LogP contribution in [0.2, 0.25) is 0 Å². The maximum Gasteiger partial charge on any atom is 0.258 e. The van der Waals surface area contributed by atoms with E-state index >= 15 is 0 Å². The van der Waals surface area contributed by atoms with Crippen LogP contribution < -0.4 is 0 Å². The highest BCUT2D eigenvalue weighted by Crippen LogP contribution is 2.23. The molecule has 0 radical (unpaired) electrons.